The molecule has 5 nitrogen and oxygen atoms in total. The average molecular weight is 348 g/mol. The van der Waals surface area contributed by atoms with Crippen LogP contribution in [0.4, 0.5) is 5.69 Å². The number of carbonyl (C=O) groups excluding carboxylic acids is 1. The summed E-state index contributed by atoms with van der Waals surface area (Å²) in [5.74, 6) is 0.542. The smallest absolute Gasteiger partial charge is 0.240 e. The fourth-order valence-electron chi connectivity index (χ4n) is 4.34. The summed E-state index contributed by atoms with van der Waals surface area (Å²) in [6.45, 7) is 2.81. The molecule has 24 heavy (non-hydrogen) atoms. The molecule has 2 atom stereocenters. The molecular weight excluding hydrogens is 324 g/mol. The van der Waals surface area contributed by atoms with E-state index < -0.39 is 10.0 Å². The molecule has 1 fully saturated rings. The highest BCUT2D eigenvalue weighted by Crippen LogP contribution is 2.38. The molecule has 1 aromatic rings. The van der Waals surface area contributed by atoms with Gasteiger partial charge in [-0.2, -0.15) is 0 Å². The molecule has 2 heterocycles. The summed E-state index contributed by atoms with van der Waals surface area (Å²) in [5, 5.41) is 0. The van der Waals surface area contributed by atoms with Gasteiger partial charge in [-0.3, -0.25) is 4.79 Å². The van der Waals surface area contributed by atoms with E-state index in [1.807, 2.05) is 4.90 Å². The van der Waals surface area contributed by atoms with Crippen LogP contribution in [0.25, 0.3) is 0 Å². The van der Waals surface area contributed by atoms with Crippen molar-refractivity contribution >= 4 is 21.6 Å². The van der Waals surface area contributed by atoms with Crippen LogP contribution >= 0.6 is 0 Å². The fourth-order valence-corrected chi connectivity index (χ4v) is 5.82. The quantitative estimate of drug-likeness (QED) is 0.912. The Morgan fingerprint density at radius 2 is 1.79 bits per heavy atom. The molecule has 1 amide bonds. The Hall–Kier alpha value is -1.40. The SMILES string of the molecule is C[C@H]1CCCC[C@@H]1NS(=O)(=O)c1cc2c3c(c1)CCN3C(=O)CC2. The fraction of sp³-hybridized carbons (Fsp3) is 0.611. The number of aryl methyl sites for hydroxylation is 1. The second-order valence-electron chi connectivity index (χ2n) is 7.38. The van der Waals surface area contributed by atoms with Crippen molar-refractivity contribution in [2.24, 2.45) is 5.92 Å². The first kappa shape index (κ1) is 16.1. The molecule has 1 N–H and O–H groups in total. The molecule has 130 valence electrons. The molecule has 3 aliphatic rings. The lowest BCUT2D eigenvalue weighted by Gasteiger charge is -2.30. The topological polar surface area (TPSA) is 66.5 Å². The summed E-state index contributed by atoms with van der Waals surface area (Å²) in [7, 11) is -3.51. The van der Waals surface area contributed by atoms with Crippen molar-refractivity contribution in [1.82, 2.24) is 4.72 Å². The van der Waals surface area contributed by atoms with E-state index in [-0.39, 0.29) is 11.9 Å². The Labute approximate surface area is 143 Å². The monoisotopic (exact) mass is 348 g/mol. The maximum Gasteiger partial charge on any atom is 0.240 e. The standard InChI is InChI=1S/C18H24N2O3S/c1-12-4-2-3-5-16(12)19-24(22,23)15-10-13-6-7-17(21)20-9-8-14(11-15)18(13)20/h10-12,16,19H,2-9H2,1H3/t12-,16-/m0/s1. The Kier molecular flexibility index (Phi) is 3.92. The zero-order valence-electron chi connectivity index (χ0n) is 14.0. The van der Waals surface area contributed by atoms with Gasteiger partial charge in [0.15, 0.2) is 0 Å². The van der Waals surface area contributed by atoms with Gasteiger partial charge in [-0.25, -0.2) is 13.1 Å². The maximum atomic E-state index is 12.9. The summed E-state index contributed by atoms with van der Waals surface area (Å²) < 4.78 is 28.7. The van der Waals surface area contributed by atoms with Gasteiger partial charge in [-0.05, 0) is 54.9 Å². The first-order valence-corrected chi connectivity index (χ1v) is 10.4. The minimum atomic E-state index is -3.51. The number of carbonyl (C=O) groups is 1. The summed E-state index contributed by atoms with van der Waals surface area (Å²) in [6.07, 6.45) is 6.14. The van der Waals surface area contributed by atoms with Crippen molar-refractivity contribution in [3.05, 3.63) is 23.3 Å². The molecular formula is C18H24N2O3S. The highest BCUT2D eigenvalue weighted by molar-refractivity contribution is 7.89. The first-order valence-electron chi connectivity index (χ1n) is 8.94. The van der Waals surface area contributed by atoms with Gasteiger partial charge < -0.3 is 4.90 Å². The van der Waals surface area contributed by atoms with Gasteiger partial charge >= 0.3 is 0 Å². The molecule has 0 saturated heterocycles. The van der Waals surface area contributed by atoms with Crippen LogP contribution in [0.3, 0.4) is 0 Å². The molecule has 0 radical (unpaired) electrons. The van der Waals surface area contributed by atoms with Crippen LogP contribution in [0.15, 0.2) is 17.0 Å². The zero-order chi connectivity index (χ0) is 16.9. The van der Waals surface area contributed by atoms with Gasteiger partial charge in [0.1, 0.15) is 0 Å². The first-order chi connectivity index (χ1) is 11.5. The van der Waals surface area contributed by atoms with Crippen LogP contribution < -0.4 is 9.62 Å². The highest BCUT2D eigenvalue weighted by Gasteiger charge is 2.34. The van der Waals surface area contributed by atoms with Crippen molar-refractivity contribution in [2.75, 3.05) is 11.4 Å². The number of rotatable bonds is 3. The third-order valence-electron chi connectivity index (χ3n) is 5.75. The maximum absolute atomic E-state index is 12.9. The number of hydrogen-bond donors (Lipinski definition) is 1. The molecule has 1 aromatic carbocycles. The number of hydrogen-bond acceptors (Lipinski definition) is 3. The predicted octanol–water partition coefficient (Wildman–Crippen LogP) is 2.38. The number of sulfonamides is 1. The van der Waals surface area contributed by atoms with E-state index >= 15 is 0 Å². The van der Waals surface area contributed by atoms with Crippen LogP contribution in [0.1, 0.15) is 50.2 Å². The van der Waals surface area contributed by atoms with Gasteiger partial charge in [0.2, 0.25) is 15.9 Å². The molecule has 4 rings (SSSR count). The Balaban J connectivity index is 1.66. The minimum Gasteiger partial charge on any atom is -0.312 e. The van der Waals surface area contributed by atoms with Crippen LogP contribution in [0.2, 0.25) is 0 Å². The van der Waals surface area contributed by atoms with Crippen LogP contribution in [-0.2, 0) is 27.7 Å². The number of anilines is 1. The summed E-state index contributed by atoms with van der Waals surface area (Å²) >= 11 is 0. The molecule has 1 aliphatic carbocycles. The van der Waals surface area contributed by atoms with Crippen molar-refractivity contribution in [3.63, 3.8) is 0 Å². The summed E-state index contributed by atoms with van der Waals surface area (Å²) in [5.41, 5.74) is 2.97. The number of amides is 1. The molecule has 1 saturated carbocycles. The van der Waals surface area contributed by atoms with Gasteiger partial charge in [0, 0.05) is 19.0 Å². The second kappa shape index (κ2) is 5.85. The highest BCUT2D eigenvalue weighted by atomic mass is 32.2. The van der Waals surface area contributed by atoms with Crippen molar-refractivity contribution < 1.29 is 13.2 Å². The number of nitrogens with zero attached hydrogens (tertiary/aromatic N) is 1. The number of nitrogens with one attached hydrogen (secondary N) is 1. The van der Waals surface area contributed by atoms with E-state index in [1.54, 1.807) is 12.1 Å². The van der Waals surface area contributed by atoms with E-state index in [0.717, 1.165) is 42.5 Å². The van der Waals surface area contributed by atoms with Gasteiger partial charge in [-0.15, -0.1) is 0 Å². The molecule has 2 aliphatic heterocycles. The third-order valence-corrected chi connectivity index (χ3v) is 7.22. The predicted molar refractivity (Wildman–Crippen MR) is 92.6 cm³/mol. The summed E-state index contributed by atoms with van der Waals surface area (Å²) in [6, 6.07) is 3.58. The molecule has 6 heteroatoms. The normalized spacial score (nSPS) is 26.5. The van der Waals surface area contributed by atoms with Crippen molar-refractivity contribution in [3.8, 4) is 0 Å². The van der Waals surface area contributed by atoms with E-state index in [0.29, 0.717) is 30.2 Å². The van der Waals surface area contributed by atoms with Crippen LogP contribution in [-0.4, -0.2) is 26.9 Å². The Morgan fingerprint density at radius 1 is 1.08 bits per heavy atom. The lowest BCUT2D eigenvalue weighted by molar-refractivity contribution is -0.118. The second-order valence-corrected chi connectivity index (χ2v) is 9.09. The van der Waals surface area contributed by atoms with Crippen molar-refractivity contribution in [1.29, 1.82) is 0 Å². The largest absolute Gasteiger partial charge is 0.312 e. The van der Waals surface area contributed by atoms with Crippen LogP contribution in [0, 0.1) is 5.92 Å². The summed E-state index contributed by atoms with van der Waals surface area (Å²) in [4.78, 5) is 14.2. The molecule has 0 spiro atoms. The zero-order valence-corrected chi connectivity index (χ0v) is 14.9. The lowest BCUT2D eigenvalue weighted by Crippen LogP contribution is -2.41. The number of benzene rings is 1. The third kappa shape index (κ3) is 2.65. The molecule has 0 aromatic heterocycles. The minimum absolute atomic E-state index is 0.0337. The Morgan fingerprint density at radius 3 is 2.54 bits per heavy atom. The van der Waals surface area contributed by atoms with Crippen LogP contribution in [0.5, 0.6) is 0 Å². The molecule has 0 bridgehead atoms. The molecule has 0 unspecified atom stereocenters. The Bertz CT molecular complexity index is 788. The lowest BCUT2D eigenvalue weighted by atomic mass is 9.87. The van der Waals surface area contributed by atoms with E-state index in [1.165, 1.54) is 6.42 Å². The average Bonchev–Trinajstić information content (AvgIpc) is 2.98. The van der Waals surface area contributed by atoms with Gasteiger partial charge in [0.05, 0.1) is 10.6 Å². The van der Waals surface area contributed by atoms with Gasteiger partial charge in [0.25, 0.3) is 0 Å². The van der Waals surface area contributed by atoms with E-state index in [4.69, 9.17) is 0 Å². The van der Waals surface area contributed by atoms with Crippen molar-refractivity contribution in [2.45, 2.75) is 62.8 Å². The van der Waals surface area contributed by atoms with E-state index in [2.05, 4.69) is 11.6 Å². The van der Waals surface area contributed by atoms with E-state index in [9.17, 15) is 13.2 Å². The van der Waals surface area contributed by atoms with Gasteiger partial charge in [-0.1, -0.05) is 19.8 Å².